The molecule has 0 aliphatic heterocycles. The number of furan rings is 1. The summed E-state index contributed by atoms with van der Waals surface area (Å²) in [5.41, 5.74) is 5.25. The molecular formula is C15H19BrN2O. The quantitative estimate of drug-likeness (QED) is 0.650. The van der Waals surface area contributed by atoms with E-state index in [0.29, 0.717) is 10.6 Å². The highest BCUT2D eigenvalue weighted by Gasteiger charge is 2.16. The van der Waals surface area contributed by atoms with Crippen molar-refractivity contribution in [3.8, 4) is 0 Å². The van der Waals surface area contributed by atoms with Gasteiger partial charge >= 0.3 is 0 Å². The Balaban J connectivity index is 2.28. The lowest BCUT2D eigenvalue weighted by Gasteiger charge is -2.15. The first-order valence-electron chi connectivity index (χ1n) is 6.40. The van der Waals surface area contributed by atoms with Crippen LogP contribution < -0.4 is 11.3 Å². The van der Waals surface area contributed by atoms with Crippen LogP contribution in [0.4, 0.5) is 0 Å². The minimum absolute atomic E-state index is 0.126. The van der Waals surface area contributed by atoms with E-state index in [0.717, 1.165) is 17.7 Å². The van der Waals surface area contributed by atoms with E-state index < -0.39 is 0 Å². The maximum atomic E-state index is 5.67. The molecule has 0 aliphatic carbocycles. The van der Waals surface area contributed by atoms with E-state index in [1.165, 1.54) is 5.56 Å². The van der Waals surface area contributed by atoms with Crippen LogP contribution in [0.3, 0.4) is 0 Å². The molecule has 1 heterocycles. The van der Waals surface area contributed by atoms with Crippen molar-refractivity contribution in [3.05, 3.63) is 58.0 Å². The van der Waals surface area contributed by atoms with Crippen LogP contribution in [0.2, 0.25) is 0 Å². The van der Waals surface area contributed by atoms with E-state index in [9.17, 15) is 0 Å². The molecule has 0 fully saturated rings. The number of rotatable bonds is 5. The Kier molecular flexibility index (Phi) is 4.80. The molecular weight excluding hydrogens is 304 g/mol. The third-order valence-electron chi connectivity index (χ3n) is 2.97. The summed E-state index contributed by atoms with van der Waals surface area (Å²) in [6.45, 7) is 4.43. The van der Waals surface area contributed by atoms with Gasteiger partial charge in [0.15, 0.2) is 4.67 Å². The Bertz CT molecular complexity index is 536. The summed E-state index contributed by atoms with van der Waals surface area (Å²) >= 11 is 3.31. The standard InChI is InChI=1S/C15H19BrN2O/c1-10(2)8-11-4-3-5-12(9-11)15(18-17)13-6-7-14(16)19-13/h3-7,9-10,15,18H,8,17H2,1-2H3. The average molecular weight is 323 g/mol. The van der Waals surface area contributed by atoms with Gasteiger partial charge in [-0.1, -0.05) is 38.1 Å². The van der Waals surface area contributed by atoms with E-state index in [1.807, 2.05) is 12.1 Å². The number of benzene rings is 1. The first-order valence-corrected chi connectivity index (χ1v) is 7.19. The number of nitrogens with two attached hydrogens (primary N) is 1. The fourth-order valence-corrected chi connectivity index (χ4v) is 2.52. The molecule has 2 rings (SSSR count). The molecule has 19 heavy (non-hydrogen) atoms. The fourth-order valence-electron chi connectivity index (χ4n) is 2.20. The van der Waals surface area contributed by atoms with Crippen molar-refractivity contribution in [3.63, 3.8) is 0 Å². The summed E-state index contributed by atoms with van der Waals surface area (Å²) in [5, 5.41) is 0. The largest absolute Gasteiger partial charge is 0.452 e. The van der Waals surface area contributed by atoms with Crippen molar-refractivity contribution in [2.45, 2.75) is 26.3 Å². The van der Waals surface area contributed by atoms with Crippen LogP contribution in [0.5, 0.6) is 0 Å². The summed E-state index contributed by atoms with van der Waals surface area (Å²) < 4.78 is 6.30. The van der Waals surface area contributed by atoms with Gasteiger partial charge in [0, 0.05) is 0 Å². The summed E-state index contributed by atoms with van der Waals surface area (Å²) in [7, 11) is 0. The smallest absolute Gasteiger partial charge is 0.169 e. The van der Waals surface area contributed by atoms with Crippen molar-refractivity contribution in [1.82, 2.24) is 5.43 Å². The zero-order chi connectivity index (χ0) is 13.8. The summed E-state index contributed by atoms with van der Waals surface area (Å²) in [5.74, 6) is 7.11. The second kappa shape index (κ2) is 6.37. The fraction of sp³-hybridized carbons (Fsp3) is 0.333. The van der Waals surface area contributed by atoms with Gasteiger partial charge in [0.1, 0.15) is 11.8 Å². The molecule has 0 spiro atoms. The van der Waals surface area contributed by atoms with Crippen LogP contribution in [-0.2, 0) is 6.42 Å². The zero-order valence-corrected chi connectivity index (χ0v) is 12.8. The maximum Gasteiger partial charge on any atom is 0.169 e. The molecule has 1 unspecified atom stereocenters. The molecule has 1 aromatic heterocycles. The van der Waals surface area contributed by atoms with Gasteiger partial charge in [0.05, 0.1) is 0 Å². The molecule has 0 saturated heterocycles. The normalized spacial score (nSPS) is 12.9. The number of hydrogen-bond acceptors (Lipinski definition) is 3. The summed E-state index contributed by atoms with van der Waals surface area (Å²) in [4.78, 5) is 0. The highest BCUT2D eigenvalue weighted by molar-refractivity contribution is 9.10. The molecule has 3 nitrogen and oxygen atoms in total. The lowest BCUT2D eigenvalue weighted by Crippen LogP contribution is -2.28. The molecule has 1 aromatic carbocycles. The number of hydrazine groups is 1. The first kappa shape index (κ1) is 14.3. The Labute approximate surface area is 122 Å². The molecule has 0 aliphatic rings. The topological polar surface area (TPSA) is 51.2 Å². The van der Waals surface area contributed by atoms with Crippen LogP contribution >= 0.6 is 15.9 Å². The first-order chi connectivity index (χ1) is 9.10. The Morgan fingerprint density at radius 2 is 2.05 bits per heavy atom. The van der Waals surface area contributed by atoms with Gasteiger partial charge in [-0.15, -0.1) is 0 Å². The second-order valence-electron chi connectivity index (χ2n) is 5.08. The summed E-state index contributed by atoms with van der Waals surface area (Å²) in [6, 6.07) is 12.1. The molecule has 102 valence electrons. The average Bonchev–Trinajstić information content (AvgIpc) is 2.76. The minimum Gasteiger partial charge on any atom is -0.452 e. The predicted octanol–water partition coefficient (Wildman–Crippen LogP) is 3.79. The number of hydrogen-bond donors (Lipinski definition) is 2. The third kappa shape index (κ3) is 3.69. The van der Waals surface area contributed by atoms with Gasteiger partial charge < -0.3 is 4.42 Å². The van der Waals surface area contributed by atoms with Crippen LogP contribution in [0.1, 0.15) is 36.8 Å². The Hall–Kier alpha value is -1.10. The van der Waals surface area contributed by atoms with Gasteiger partial charge in [0.25, 0.3) is 0 Å². The highest BCUT2D eigenvalue weighted by atomic mass is 79.9. The molecule has 0 radical (unpaired) electrons. The van der Waals surface area contributed by atoms with Crippen LogP contribution in [0.25, 0.3) is 0 Å². The van der Waals surface area contributed by atoms with Crippen LogP contribution in [-0.4, -0.2) is 0 Å². The molecule has 0 amide bonds. The van der Waals surface area contributed by atoms with Crippen molar-refractivity contribution in [2.75, 3.05) is 0 Å². The molecule has 1 atom stereocenters. The van der Waals surface area contributed by atoms with Crippen molar-refractivity contribution in [1.29, 1.82) is 0 Å². The Morgan fingerprint density at radius 1 is 1.26 bits per heavy atom. The van der Waals surface area contributed by atoms with Gasteiger partial charge in [-0.2, -0.15) is 0 Å². The molecule has 0 bridgehead atoms. The van der Waals surface area contributed by atoms with Gasteiger partial charge in [0.2, 0.25) is 0 Å². The lowest BCUT2D eigenvalue weighted by atomic mass is 9.97. The second-order valence-corrected chi connectivity index (χ2v) is 5.87. The van der Waals surface area contributed by atoms with Gasteiger partial charge in [-0.3, -0.25) is 5.84 Å². The zero-order valence-electron chi connectivity index (χ0n) is 11.2. The summed E-state index contributed by atoms with van der Waals surface area (Å²) in [6.07, 6.45) is 1.06. The van der Waals surface area contributed by atoms with Crippen LogP contribution in [0, 0.1) is 5.92 Å². The van der Waals surface area contributed by atoms with Crippen molar-refractivity contribution >= 4 is 15.9 Å². The van der Waals surface area contributed by atoms with E-state index >= 15 is 0 Å². The Morgan fingerprint density at radius 3 is 2.63 bits per heavy atom. The monoisotopic (exact) mass is 322 g/mol. The highest BCUT2D eigenvalue weighted by Crippen LogP contribution is 2.26. The van der Waals surface area contributed by atoms with E-state index in [1.54, 1.807) is 0 Å². The maximum absolute atomic E-state index is 5.67. The number of halogens is 1. The van der Waals surface area contributed by atoms with Crippen LogP contribution in [0.15, 0.2) is 45.5 Å². The number of nitrogens with one attached hydrogen (secondary N) is 1. The molecule has 2 aromatic rings. The van der Waals surface area contributed by atoms with E-state index in [-0.39, 0.29) is 6.04 Å². The molecule has 0 saturated carbocycles. The lowest BCUT2D eigenvalue weighted by molar-refractivity contribution is 0.437. The minimum atomic E-state index is -0.126. The predicted molar refractivity (Wildman–Crippen MR) is 80.6 cm³/mol. The van der Waals surface area contributed by atoms with Gasteiger partial charge in [-0.25, -0.2) is 5.43 Å². The van der Waals surface area contributed by atoms with E-state index in [4.69, 9.17) is 10.3 Å². The molecule has 3 N–H and O–H groups in total. The van der Waals surface area contributed by atoms with Gasteiger partial charge in [-0.05, 0) is 51.5 Å². The van der Waals surface area contributed by atoms with Crippen molar-refractivity contribution in [2.24, 2.45) is 11.8 Å². The van der Waals surface area contributed by atoms with Crippen molar-refractivity contribution < 1.29 is 4.42 Å². The molecule has 4 heteroatoms. The third-order valence-corrected chi connectivity index (χ3v) is 3.40. The SMILES string of the molecule is CC(C)Cc1cccc(C(NN)c2ccc(Br)o2)c1. The van der Waals surface area contributed by atoms with E-state index in [2.05, 4.69) is 59.5 Å².